The zero-order valence-electron chi connectivity index (χ0n) is 16.0. The summed E-state index contributed by atoms with van der Waals surface area (Å²) < 4.78 is 16.8. The number of ether oxygens (including phenoxy) is 3. The second-order valence-electron chi connectivity index (χ2n) is 7.76. The number of benzene rings is 1. The Morgan fingerprint density at radius 2 is 2.16 bits per heavy atom. The maximum absolute atomic E-state index is 12.3. The molecule has 5 nitrogen and oxygen atoms in total. The molecule has 0 bridgehead atoms. The van der Waals surface area contributed by atoms with Gasteiger partial charge in [-0.05, 0) is 36.5 Å². The number of carbonyl (C=O) groups excluding carboxylic acids is 1. The Balaban J connectivity index is 1.78. The van der Waals surface area contributed by atoms with Gasteiger partial charge >= 0.3 is 0 Å². The van der Waals surface area contributed by atoms with Crippen LogP contribution in [-0.2, 0) is 20.9 Å². The quantitative estimate of drug-likeness (QED) is 0.821. The smallest absolute Gasteiger partial charge is 0.248 e. The van der Waals surface area contributed by atoms with Crippen molar-refractivity contribution in [3.8, 4) is 5.75 Å². The standard InChI is InChI=1S/C20H31NO4/c1-14(25-13-15-7-6-8-17(11-15)23-5)19(22)21-12-16-9-10-24-18(16)20(2,3)4/h6-8,11,14,16,18H,9-10,12-13H2,1-5H3,(H,21,22)/t14-,16+,18-/m1/s1. The zero-order chi connectivity index (χ0) is 18.4. The fourth-order valence-corrected chi connectivity index (χ4v) is 3.23. The first kappa shape index (κ1) is 19.7. The Hall–Kier alpha value is -1.59. The van der Waals surface area contributed by atoms with Gasteiger partial charge in [0.25, 0.3) is 0 Å². The van der Waals surface area contributed by atoms with E-state index in [1.807, 2.05) is 24.3 Å². The van der Waals surface area contributed by atoms with E-state index in [1.165, 1.54) is 0 Å². The van der Waals surface area contributed by atoms with Crippen LogP contribution < -0.4 is 10.1 Å². The minimum Gasteiger partial charge on any atom is -0.497 e. The van der Waals surface area contributed by atoms with Crippen LogP contribution in [0.3, 0.4) is 0 Å². The minimum absolute atomic E-state index is 0.0811. The highest BCUT2D eigenvalue weighted by Gasteiger charge is 2.37. The Morgan fingerprint density at radius 3 is 2.84 bits per heavy atom. The first-order valence-electron chi connectivity index (χ1n) is 8.95. The molecule has 0 spiro atoms. The van der Waals surface area contributed by atoms with Gasteiger partial charge < -0.3 is 19.5 Å². The van der Waals surface area contributed by atoms with Gasteiger partial charge in [0.1, 0.15) is 11.9 Å². The van der Waals surface area contributed by atoms with Crippen molar-refractivity contribution in [1.29, 1.82) is 0 Å². The summed E-state index contributed by atoms with van der Waals surface area (Å²) >= 11 is 0. The van der Waals surface area contributed by atoms with Crippen molar-refractivity contribution < 1.29 is 19.0 Å². The van der Waals surface area contributed by atoms with Gasteiger partial charge in [-0.25, -0.2) is 0 Å². The average Bonchev–Trinajstić information content (AvgIpc) is 3.06. The summed E-state index contributed by atoms with van der Waals surface area (Å²) in [6, 6.07) is 7.66. The highest BCUT2D eigenvalue weighted by atomic mass is 16.5. The normalized spacial score (nSPS) is 21.8. The molecule has 5 heteroatoms. The Labute approximate surface area is 151 Å². The number of methoxy groups -OCH3 is 1. The zero-order valence-corrected chi connectivity index (χ0v) is 16.0. The molecular formula is C20H31NO4. The third-order valence-corrected chi connectivity index (χ3v) is 4.61. The summed E-state index contributed by atoms with van der Waals surface area (Å²) in [5.74, 6) is 1.06. The van der Waals surface area contributed by atoms with E-state index < -0.39 is 6.10 Å². The summed E-state index contributed by atoms with van der Waals surface area (Å²) in [4.78, 5) is 12.3. The predicted octanol–water partition coefficient (Wildman–Crippen LogP) is 3.17. The molecule has 0 unspecified atom stereocenters. The van der Waals surface area contributed by atoms with Crippen molar-refractivity contribution in [2.75, 3.05) is 20.3 Å². The van der Waals surface area contributed by atoms with Gasteiger partial charge in [0.05, 0.1) is 19.8 Å². The van der Waals surface area contributed by atoms with Crippen molar-refractivity contribution in [1.82, 2.24) is 5.32 Å². The van der Waals surface area contributed by atoms with Crippen molar-refractivity contribution >= 4 is 5.91 Å². The number of amides is 1. The molecule has 0 aromatic heterocycles. The van der Waals surface area contributed by atoms with Crippen LogP contribution in [-0.4, -0.2) is 38.4 Å². The summed E-state index contributed by atoms with van der Waals surface area (Å²) in [7, 11) is 1.63. The van der Waals surface area contributed by atoms with Crippen LogP contribution in [0.1, 0.15) is 39.7 Å². The van der Waals surface area contributed by atoms with Gasteiger partial charge in [0.15, 0.2) is 0 Å². The lowest BCUT2D eigenvalue weighted by Gasteiger charge is -2.31. The maximum atomic E-state index is 12.3. The molecule has 1 saturated heterocycles. The molecule has 1 amide bonds. The number of carbonyl (C=O) groups is 1. The van der Waals surface area contributed by atoms with E-state index in [-0.39, 0.29) is 17.4 Å². The van der Waals surface area contributed by atoms with Crippen LogP contribution >= 0.6 is 0 Å². The fraction of sp³-hybridized carbons (Fsp3) is 0.650. The Bertz CT molecular complexity index is 567. The molecule has 1 aliphatic rings. The number of nitrogens with one attached hydrogen (secondary N) is 1. The molecule has 25 heavy (non-hydrogen) atoms. The average molecular weight is 349 g/mol. The van der Waals surface area contributed by atoms with Crippen molar-refractivity contribution in [3.05, 3.63) is 29.8 Å². The summed E-state index contributed by atoms with van der Waals surface area (Å²) in [6.45, 7) is 10.1. The molecular weight excluding hydrogens is 318 g/mol. The molecule has 140 valence electrons. The largest absolute Gasteiger partial charge is 0.497 e. The summed E-state index contributed by atoms with van der Waals surface area (Å²) in [5, 5.41) is 3.02. The van der Waals surface area contributed by atoms with E-state index in [4.69, 9.17) is 14.2 Å². The molecule has 3 atom stereocenters. The summed E-state index contributed by atoms with van der Waals surface area (Å²) in [6.07, 6.45) is 0.670. The van der Waals surface area contributed by atoms with Crippen molar-refractivity contribution in [3.63, 3.8) is 0 Å². The van der Waals surface area contributed by atoms with E-state index in [1.54, 1.807) is 14.0 Å². The minimum atomic E-state index is -0.499. The highest BCUT2D eigenvalue weighted by Crippen LogP contribution is 2.34. The van der Waals surface area contributed by atoms with Crippen LogP contribution in [0, 0.1) is 11.3 Å². The van der Waals surface area contributed by atoms with E-state index in [9.17, 15) is 4.79 Å². The first-order valence-corrected chi connectivity index (χ1v) is 8.95. The Kier molecular flexibility index (Phi) is 6.85. The molecule has 1 fully saturated rings. The highest BCUT2D eigenvalue weighted by molar-refractivity contribution is 5.80. The monoisotopic (exact) mass is 349 g/mol. The van der Waals surface area contributed by atoms with Gasteiger partial charge in [-0.3, -0.25) is 4.79 Å². The number of hydrogen-bond donors (Lipinski definition) is 1. The molecule has 1 heterocycles. The van der Waals surface area contributed by atoms with E-state index in [0.717, 1.165) is 24.3 Å². The first-order chi connectivity index (χ1) is 11.8. The Morgan fingerprint density at radius 1 is 1.40 bits per heavy atom. The molecule has 0 aliphatic carbocycles. The topological polar surface area (TPSA) is 56.8 Å². The fourth-order valence-electron chi connectivity index (χ4n) is 3.23. The van der Waals surface area contributed by atoms with Crippen molar-refractivity contribution in [2.24, 2.45) is 11.3 Å². The number of hydrogen-bond acceptors (Lipinski definition) is 4. The third-order valence-electron chi connectivity index (χ3n) is 4.61. The van der Waals surface area contributed by atoms with E-state index in [2.05, 4.69) is 26.1 Å². The molecule has 0 radical (unpaired) electrons. The molecule has 1 aromatic carbocycles. The van der Waals surface area contributed by atoms with Gasteiger partial charge in [-0.15, -0.1) is 0 Å². The number of rotatable bonds is 7. The molecule has 1 N–H and O–H groups in total. The van der Waals surface area contributed by atoms with Gasteiger partial charge in [0.2, 0.25) is 5.91 Å². The predicted molar refractivity (Wildman–Crippen MR) is 97.6 cm³/mol. The second-order valence-corrected chi connectivity index (χ2v) is 7.76. The molecule has 1 aliphatic heterocycles. The lowest BCUT2D eigenvalue weighted by molar-refractivity contribution is -0.132. The molecule has 2 rings (SSSR count). The van der Waals surface area contributed by atoms with Gasteiger partial charge in [-0.1, -0.05) is 32.9 Å². The van der Waals surface area contributed by atoms with Crippen molar-refractivity contribution in [2.45, 2.75) is 52.9 Å². The lowest BCUT2D eigenvalue weighted by Crippen LogP contribution is -2.42. The van der Waals surface area contributed by atoms with E-state index >= 15 is 0 Å². The molecule has 1 aromatic rings. The third kappa shape index (κ3) is 5.72. The van der Waals surface area contributed by atoms with E-state index in [0.29, 0.717) is 19.1 Å². The van der Waals surface area contributed by atoms with Crippen LogP contribution in [0.2, 0.25) is 0 Å². The van der Waals surface area contributed by atoms with Gasteiger partial charge in [-0.2, -0.15) is 0 Å². The second kappa shape index (κ2) is 8.68. The van der Waals surface area contributed by atoms with Crippen LogP contribution in [0.25, 0.3) is 0 Å². The van der Waals surface area contributed by atoms with Crippen LogP contribution in [0.15, 0.2) is 24.3 Å². The summed E-state index contributed by atoms with van der Waals surface area (Å²) in [5.41, 5.74) is 1.07. The van der Waals surface area contributed by atoms with Crippen LogP contribution in [0.5, 0.6) is 5.75 Å². The lowest BCUT2D eigenvalue weighted by atomic mass is 9.81. The maximum Gasteiger partial charge on any atom is 0.248 e. The van der Waals surface area contributed by atoms with Crippen LogP contribution in [0.4, 0.5) is 0 Å². The molecule has 0 saturated carbocycles. The van der Waals surface area contributed by atoms with Gasteiger partial charge in [0, 0.05) is 19.1 Å². The SMILES string of the molecule is COc1cccc(CO[C@H](C)C(=O)NC[C@@H]2CCO[C@H]2C(C)(C)C)c1.